The van der Waals surface area contributed by atoms with Crippen molar-refractivity contribution in [1.29, 1.82) is 0 Å². The summed E-state index contributed by atoms with van der Waals surface area (Å²) in [5.41, 5.74) is 0.723. The summed E-state index contributed by atoms with van der Waals surface area (Å²) in [7, 11) is 0. The molecule has 0 aliphatic carbocycles. The maximum Gasteiger partial charge on any atom is 0.309 e. The average molecular weight is 180 g/mol. The van der Waals surface area contributed by atoms with Crippen molar-refractivity contribution in [3.63, 3.8) is 0 Å². The predicted molar refractivity (Wildman–Crippen MR) is 44.8 cm³/mol. The number of carbonyl (C=O) groups excluding carboxylic acids is 1. The Bertz CT molecular complexity index is 310. The van der Waals surface area contributed by atoms with E-state index in [2.05, 4.69) is 0 Å². The lowest BCUT2D eigenvalue weighted by Crippen LogP contribution is -2.06. The number of rotatable bonds is 1. The summed E-state index contributed by atoms with van der Waals surface area (Å²) < 4.78 is 18.0. The average Bonchev–Trinajstić information content (AvgIpc) is 2.47. The highest BCUT2D eigenvalue weighted by molar-refractivity contribution is 5.72. The molecule has 1 aromatic carbocycles. The quantitative estimate of drug-likeness (QED) is 0.618. The molecule has 13 heavy (non-hydrogen) atoms. The molecule has 1 aromatic rings. The van der Waals surface area contributed by atoms with Crippen LogP contribution < -0.4 is 0 Å². The highest BCUT2D eigenvalue weighted by Crippen LogP contribution is 2.31. The van der Waals surface area contributed by atoms with Crippen molar-refractivity contribution in [2.75, 3.05) is 0 Å². The zero-order valence-corrected chi connectivity index (χ0v) is 6.94. The van der Waals surface area contributed by atoms with Gasteiger partial charge in [0.2, 0.25) is 0 Å². The molecule has 0 radical (unpaired) electrons. The third-order valence-corrected chi connectivity index (χ3v) is 2.08. The van der Waals surface area contributed by atoms with Crippen molar-refractivity contribution in [3.05, 3.63) is 35.9 Å². The van der Waals surface area contributed by atoms with Crippen LogP contribution in [0.4, 0.5) is 4.39 Å². The number of carbonyl (C=O) groups is 1. The van der Waals surface area contributed by atoms with E-state index in [-0.39, 0.29) is 6.42 Å². The van der Waals surface area contributed by atoms with Crippen molar-refractivity contribution >= 4 is 5.97 Å². The Labute approximate surface area is 75.3 Å². The first-order chi connectivity index (χ1) is 6.27. The summed E-state index contributed by atoms with van der Waals surface area (Å²) in [5, 5.41) is 0. The molecule has 1 aliphatic heterocycles. The van der Waals surface area contributed by atoms with Gasteiger partial charge >= 0.3 is 5.97 Å². The largest absolute Gasteiger partial charge is 0.454 e. The van der Waals surface area contributed by atoms with Crippen molar-refractivity contribution < 1.29 is 13.9 Å². The van der Waals surface area contributed by atoms with Gasteiger partial charge in [0, 0.05) is 0 Å². The van der Waals surface area contributed by atoms with E-state index in [1.807, 2.05) is 6.07 Å². The van der Waals surface area contributed by atoms with Gasteiger partial charge in [0.1, 0.15) is 0 Å². The van der Waals surface area contributed by atoms with Crippen LogP contribution in [0.5, 0.6) is 0 Å². The maximum absolute atomic E-state index is 13.2. The van der Waals surface area contributed by atoms with Gasteiger partial charge in [-0.3, -0.25) is 4.79 Å². The highest BCUT2D eigenvalue weighted by atomic mass is 19.1. The Morgan fingerprint density at radius 3 is 2.54 bits per heavy atom. The minimum absolute atomic E-state index is 0.125. The van der Waals surface area contributed by atoms with Gasteiger partial charge in [-0.05, 0) is 5.56 Å². The molecule has 1 fully saturated rings. The molecule has 0 amide bonds. The molecule has 2 nitrogen and oxygen atoms in total. The Balaban J connectivity index is 2.23. The molecule has 1 aliphatic rings. The van der Waals surface area contributed by atoms with Crippen molar-refractivity contribution in [1.82, 2.24) is 0 Å². The van der Waals surface area contributed by atoms with Gasteiger partial charge in [0.25, 0.3) is 0 Å². The second-order valence-electron chi connectivity index (χ2n) is 3.04. The molecule has 0 spiro atoms. The molecule has 3 heteroatoms. The van der Waals surface area contributed by atoms with E-state index in [0.29, 0.717) is 0 Å². The number of alkyl halides is 1. The molecule has 1 heterocycles. The van der Waals surface area contributed by atoms with Crippen LogP contribution in [-0.2, 0) is 9.53 Å². The number of hydrogen-bond donors (Lipinski definition) is 0. The highest BCUT2D eigenvalue weighted by Gasteiger charge is 2.35. The molecule has 68 valence electrons. The minimum atomic E-state index is -1.20. The number of cyclic esters (lactones) is 1. The second kappa shape index (κ2) is 3.17. The molecule has 2 rings (SSSR count). The number of hydrogen-bond acceptors (Lipinski definition) is 2. The Kier molecular flexibility index (Phi) is 2.00. The smallest absolute Gasteiger partial charge is 0.309 e. The third kappa shape index (κ3) is 1.54. The summed E-state index contributed by atoms with van der Waals surface area (Å²) >= 11 is 0. The van der Waals surface area contributed by atoms with Crippen LogP contribution in [0.15, 0.2) is 30.3 Å². The van der Waals surface area contributed by atoms with E-state index < -0.39 is 18.2 Å². The lowest BCUT2D eigenvalue weighted by molar-refractivity contribution is -0.141. The normalized spacial score (nSPS) is 27.3. The van der Waals surface area contributed by atoms with Gasteiger partial charge < -0.3 is 4.74 Å². The topological polar surface area (TPSA) is 26.3 Å². The van der Waals surface area contributed by atoms with E-state index in [4.69, 9.17) is 4.74 Å². The SMILES string of the molecule is O=C1C[C@@H](F)[C@H](c2ccccc2)O1. The summed E-state index contributed by atoms with van der Waals surface area (Å²) in [6, 6.07) is 8.96. The Morgan fingerprint density at radius 1 is 1.31 bits per heavy atom. The first kappa shape index (κ1) is 8.23. The standard InChI is InChI=1S/C10H9FO2/c11-8-6-9(12)13-10(8)7-4-2-1-3-5-7/h1-5,8,10H,6H2/t8-,10+/m1/s1. The maximum atomic E-state index is 13.2. The fourth-order valence-corrected chi connectivity index (χ4v) is 1.45. The summed E-state index contributed by atoms with van der Waals surface area (Å²) in [5.74, 6) is -0.457. The van der Waals surface area contributed by atoms with Gasteiger partial charge in [-0.15, -0.1) is 0 Å². The first-order valence-electron chi connectivity index (χ1n) is 4.16. The van der Waals surface area contributed by atoms with Crippen LogP contribution in [0.3, 0.4) is 0 Å². The first-order valence-corrected chi connectivity index (χ1v) is 4.16. The van der Waals surface area contributed by atoms with Crippen LogP contribution >= 0.6 is 0 Å². The van der Waals surface area contributed by atoms with Crippen molar-refractivity contribution in [3.8, 4) is 0 Å². The summed E-state index contributed by atoms with van der Waals surface area (Å²) in [6.45, 7) is 0. The summed E-state index contributed by atoms with van der Waals surface area (Å²) in [6.07, 6.45) is -2.02. The van der Waals surface area contributed by atoms with E-state index in [0.717, 1.165) is 5.56 Å². The van der Waals surface area contributed by atoms with Gasteiger partial charge in [-0.1, -0.05) is 30.3 Å². The lowest BCUT2D eigenvalue weighted by Gasteiger charge is -2.10. The van der Waals surface area contributed by atoms with Crippen LogP contribution in [0.25, 0.3) is 0 Å². The molecular weight excluding hydrogens is 171 g/mol. The van der Waals surface area contributed by atoms with Crippen molar-refractivity contribution in [2.45, 2.75) is 18.7 Å². The van der Waals surface area contributed by atoms with Crippen LogP contribution in [0.2, 0.25) is 0 Å². The number of benzene rings is 1. The molecule has 2 atom stereocenters. The molecule has 0 aromatic heterocycles. The van der Waals surface area contributed by atoms with Gasteiger partial charge in [-0.2, -0.15) is 0 Å². The fourth-order valence-electron chi connectivity index (χ4n) is 1.45. The van der Waals surface area contributed by atoms with Crippen LogP contribution in [-0.4, -0.2) is 12.1 Å². The fraction of sp³-hybridized carbons (Fsp3) is 0.300. The third-order valence-electron chi connectivity index (χ3n) is 2.08. The monoisotopic (exact) mass is 180 g/mol. The number of esters is 1. The van der Waals surface area contributed by atoms with Gasteiger partial charge in [-0.25, -0.2) is 4.39 Å². The second-order valence-corrected chi connectivity index (χ2v) is 3.04. The summed E-state index contributed by atoms with van der Waals surface area (Å²) in [4.78, 5) is 10.8. The zero-order valence-electron chi connectivity index (χ0n) is 6.94. The number of halogens is 1. The molecular formula is C10H9FO2. The van der Waals surface area contributed by atoms with E-state index >= 15 is 0 Å². The van der Waals surface area contributed by atoms with Gasteiger partial charge in [0.05, 0.1) is 6.42 Å². The molecule has 0 bridgehead atoms. The van der Waals surface area contributed by atoms with Gasteiger partial charge in [0.15, 0.2) is 12.3 Å². The van der Waals surface area contributed by atoms with E-state index in [1.54, 1.807) is 24.3 Å². The minimum Gasteiger partial charge on any atom is -0.454 e. The van der Waals surface area contributed by atoms with E-state index in [1.165, 1.54) is 0 Å². The Hall–Kier alpha value is -1.38. The van der Waals surface area contributed by atoms with E-state index in [9.17, 15) is 9.18 Å². The zero-order chi connectivity index (χ0) is 9.26. The predicted octanol–water partition coefficient (Wildman–Crippen LogP) is 2.01. The molecule has 0 saturated carbocycles. The molecule has 1 saturated heterocycles. The van der Waals surface area contributed by atoms with Crippen LogP contribution in [0.1, 0.15) is 18.1 Å². The molecule has 0 N–H and O–H groups in total. The molecule has 0 unspecified atom stereocenters. The Morgan fingerprint density at radius 2 is 2.00 bits per heavy atom. The number of ether oxygens (including phenoxy) is 1. The lowest BCUT2D eigenvalue weighted by atomic mass is 10.1. The van der Waals surface area contributed by atoms with Crippen molar-refractivity contribution in [2.24, 2.45) is 0 Å². The van der Waals surface area contributed by atoms with Crippen LogP contribution in [0, 0.1) is 0 Å².